The van der Waals surface area contributed by atoms with Crippen LogP contribution in [0.25, 0.3) is 0 Å². The van der Waals surface area contributed by atoms with Gasteiger partial charge >= 0.3 is 5.97 Å². The number of nitrogens with zero attached hydrogens (tertiary/aromatic N) is 1. The number of nitro groups is 1. The number of methoxy groups -OCH3 is 2. The van der Waals surface area contributed by atoms with Crippen molar-refractivity contribution in [3.63, 3.8) is 0 Å². The van der Waals surface area contributed by atoms with E-state index in [1.165, 1.54) is 19.2 Å². The zero-order valence-corrected chi connectivity index (χ0v) is 23.5. The van der Waals surface area contributed by atoms with Crippen LogP contribution in [0.1, 0.15) is 56.1 Å². The SMILES string of the molecule is COC(=O)CCC/C=C\C[C@@H]1[C@H]2CC[C@H](C2)[C@H]1NS(=O)(=O)c1ccc(C#Cc2ccc(OC)cc2)c([N+](=O)[O-])c1. The molecule has 2 bridgehead atoms. The van der Waals surface area contributed by atoms with Crippen molar-refractivity contribution >= 4 is 21.7 Å². The van der Waals surface area contributed by atoms with E-state index < -0.39 is 14.9 Å². The Morgan fingerprint density at radius 1 is 1.10 bits per heavy atom. The topological polar surface area (TPSA) is 125 Å². The highest BCUT2D eigenvalue weighted by Crippen LogP contribution is 2.50. The quantitative estimate of drug-likeness (QED) is 0.101. The first-order chi connectivity index (χ1) is 19.2. The van der Waals surface area contributed by atoms with E-state index >= 15 is 0 Å². The first-order valence-electron chi connectivity index (χ1n) is 13.4. The summed E-state index contributed by atoms with van der Waals surface area (Å²) in [6.07, 6.45) is 9.71. The maximum atomic E-state index is 13.4. The average molecular weight is 567 g/mol. The van der Waals surface area contributed by atoms with Crippen molar-refractivity contribution in [3.8, 4) is 17.6 Å². The van der Waals surface area contributed by atoms with Gasteiger partial charge in [0, 0.05) is 24.1 Å². The van der Waals surface area contributed by atoms with E-state index in [4.69, 9.17) is 4.74 Å². The van der Waals surface area contributed by atoms with Crippen molar-refractivity contribution in [1.29, 1.82) is 0 Å². The summed E-state index contributed by atoms with van der Waals surface area (Å²) in [4.78, 5) is 22.3. The van der Waals surface area contributed by atoms with Crippen LogP contribution < -0.4 is 9.46 Å². The molecule has 0 aliphatic heterocycles. The van der Waals surface area contributed by atoms with Gasteiger partial charge in [-0.25, -0.2) is 13.1 Å². The number of nitro benzene ring substituents is 1. The average Bonchev–Trinajstić information content (AvgIpc) is 3.55. The Balaban J connectivity index is 1.47. The van der Waals surface area contributed by atoms with Crippen molar-refractivity contribution in [2.24, 2.45) is 17.8 Å². The molecule has 212 valence electrons. The lowest BCUT2D eigenvalue weighted by Crippen LogP contribution is -2.43. The summed E-state index contributed by atoms with van der Waals surface area (Å²) in [6.45, 7) is 0. The van der Waals surface area contributed by atoms with E-state index in [0.29, 0.717) is 30.1 Å². The third-order valence-electron chi connectivity index (χ3n) is 7.84. The van der Waals surface area contributed by atoms with Gasteiger partial charge in [0.25, 0.3) is 5.69 Å². The van der Waals surface area contributed by atoms with Crippen LogP contribution >= 0.6 is 0 Å². The van der Waals surface area contributed by atoms with Crippen molar-refractivity contribution in [2.45, 2.75) is 55.9 Å². The number of unbranched alkanes of at least 4 members (excludes halogenated alkanes) is 1. The van der Waals surface area contributed by atoms with Crippen LogP contribution in [-0.2, 0) is 19.6 Å². The molecule has 4 rings (SSSR count). The Morgan fingerprint density at radius 2 is 1.85 bits per heavy atom. The Kier molecular flexibility index (Phi) is 9.61. The Morgan fingerprint density at radius 3 is 2.55 bits per heavy atom. The van der Waals surface area contributed by atoms with E-state index in [1.54, 1.807) is 31.4 Å². The molecule has 2 aliphatic rings. The van der Waals surface area contributed by atoms with Crippen LogP contribution in [0, 0.1) is 39.7 Å². The van der Waals surface area contributed by atoms with Crippen LogP contribution in [0.15, 0.2) is 59.5 Å². The number of sulfonamides is 1. The predicted octanol–water partition coefficient (Wildman–Crippen LogP) is 4.99. The van der Waals surface area contributed by atoms with Gasteiger partial charge in [-0.1, -0.05) is 24.0 Å². The number of benzene rings is 2. The van der Waals surface area contributed by atoms with Gasteiger partial charge in [0.1, 0.15) is 11.3 Å². The number of carbonyl (C=O) groups excluding carboxylic acids is 1. The molecule has 0 aromatic heterocycles. The van der Waals surface area contributed by atoms with Gasteiger partial charge in [-0.3, -0.25) is 14.9 Å². The van der Waals surface area contributed by atoms with Crippen LogP contribution in [0.3, 0.4) is 0 Å². The van der Waals surface area contributed by atoms with Crippen LogP contribution in [0.5, 0.6) is 5.75 Å². The molecule has 2 aromatic rings. The summed E-state index contributed by atoms with van der Waals surface area (Å²) in [5.74, 6) is 6.98. The van der Waals surface area contributed by atoms with E-state index in [2.05, 4.69) is 27.4 Å². The zero-order valence-electron chi connectivity index (χ0n) is 22.7. The van der Waals surface area contributed by atoms with Gasteiger partial charge in [0.05, 0.1) is 24.0 Å². The summed E-state index contributed by atoms with van der Waals surface area (Å²) < 4.78 is 39.5. The van der Waals surface area contributed by atoms with Crippen LogP contribution in [0.2, 0.25) is 0 Å². The highest BCUT2D eigenvalue weighted by atomic mass is 32.2. The minimum absolute atomic E-state index is 0.134. The predicted molar refractivity (Wildman–Crippen MR) is 150 cm³/mol. The highest BCUT2D eigenvalue weighted by Gasteiger charge is 2.48. The molecular formula is C30H34N2O7S. The summed E-state index contributed by atoms with van der Waals surface area (Å²) in [6, 6.07) is 10.6. The lowest BCUT2D eigenvalue weighted by atomic mass is 9.83. The lowest BCUT2D eigenvalue weighted by molar-refractivity contribution is -0.385. The molecule has 0 unspecified atom stereocenters. The number of fused-ring (bicyclic) bond motifs is 2. The van der Waals surface area contributed by atoms with E-state index in [0.717, 1.165) is 38.2 Å². The second kappa shape index (κ2) is 13.1. The second-order valence-corrected chi connectivity index (χ2v) is 11.9. The number of rotatable bonds is 11. The summed E-state index contributed by atoms with van der Waals surface area (Å²) in [5.41, 5.74) is 0.423. The van der Waals surface area contributed by atoms with Gasteiger partial charge in [-0.2, -0.15) is 0 Å². The zero-order chi connectivity index (χ0) is 28.7. The van der Waals surface area contributed by atoms with Gasteiger partial charge < -0.3 is 9.47 Å². The summed E-state index contributed by atoms with van der Waals surface area (Å²) in [7, 11) is -1.06. The van der Waals surface area contributed by atoms with E-state index in [9.17, 15) is 23.3 Å². The largest absolute Gasteiger partial charge is 0.497 e. The number of hydrogen-bond donors (Lipinski definition) is 1. The van der Waals surface area contributed by atoms with Gasteiger partial charge in [0.15, 0.2) is 0 Å². The minimum Gasteiger partial charge on any atom is -0.497 e. The van der Waals surface area contributed by atoms with E-state index in [1.807, 2.05) is 6.08 Å². The van der Waals surface area contributed by atoms with Crippen molar-refractivity contribution in [2.75, 3.05) is 14.2 Å². The smallest absolute Gasteiger partial charge is 0.305 e. The molecule has 2 aliphatic carbocycles. The Bertz CT molecular complexity index is 1420. The number of esters is 1. The van der Waals surface area contributed by atoms with E-state index in [-0.39, 0.29) is 40.0 Å². The molecular weight excluding hydrogens is 532 g/mol. The monoisotopic (exact) mass is 566 g/mol. The maximum Gasteiger partial charge on any atom is 0.305 e. The molecule has 0 heterocycles. The Hall–Kier alpha value is -3.68. The Labute approximate surface area is 235 Å². The minimum atomic E-state index is -3.99. The number of hydrogen-bond acceptors (Lipinski definition) is 7. The van der Waals surface area contributed by atoms with Crippen molar-refractivity contribution in [3.05, 3.63) is 75.9 Å². The molecule has 0 amide bonds. The standard InChI is InChI=1S/C30H34N2O7S/c1-38-25-16-10-21(11-17-25)9-12-22-15-18-26(20-28(22)32(34)35)40(36,37)31-30-24-14-13-23(19-24)27(30)7-5-3-4-6-8-29(33)39-2/h3,5,10-11,15-18,20,23-24,27,30-31H,4,6-8,13-14,19H2,1-2H3/b5-3-/t23-,24+,27+,30+/m0/s1. The van der Waals surface area contributed by atoms with Crippen LogP contribution in [-0.4, -0.2) is 39.6 Å². The fraction of sp³-hybridized carbons (Fsp3) is 0.433. The third kappa shape index (κ3) is 7.09. The first-order valence-corrected chi connectivity index (χ1v) is 14.9. The molecule has 2 fully saturated rings. The maximum absolute atomic E-state index is 13.4. The van der Waals surface area contributed by atoms with Crippen molar-refractivity contribution < 1.29 is 27.6 Å². The molecule has 0 saturated heterocycles. The molecule has 10 heteroatoms. The molecule has 2 saturated carbocycles. The highest BCUT2D eigenvalue weighted by molar-refractivity contribution is 7.89. The lowest BCUT2D eigenvalue weighted by Gasteiger charge is -2.31. The number of nitrogens with one attached hydrogen (secondary N) is 1. The number of allylic oxidation sites excluding steroid dienone is 2. The fourth-order valence-electron chi connectivity index (χ4n) is 5.77. The van der Waals surface area contributed by atoms with Crippen LogP contribution in [0.4, 0.5) is 5.69 Å². The molecule has 2 aromatic carbocycles. The second-order valence-electron chi connectivity index (χ2n) is 10.2. The van der Waals surface area contributed by atoms with Gasteiger partial charge in [-0.15, -0.1) is 0 Å². The molecule has 4 atom stereocenters. The van der Waals surface area contributed by atoms with Gasteiger partial charge in [-0.05, 0) is 92.7 Å². The fourth-order valence-corrected chi connectivity index (χ4v) is 7.14. The van der Waals surface area contributed by atoms with Gasteiger partial charge in [0.2, 0.25) is 10.0 Å². The number of carbonyl (C=O) groups is 1. The number of ether oxygens (including phenoxy) is 2. The summed E-state index contributed by atoms with van der Waals surface area (Å²) >= 11 is 0. The summed E-state index contributed by atoms with van der Waals surface area (Å²) in [5, 5.41) is 11.8. The molecule has 0 radical (unpaired) electrons. The third-order valence-corrected chi connectivity index (χ3v) is 9.30. The normalized spacial score (nSPS) is 21.6. The first kappa shape index (κ1) is 29.3. The van der Waals surface area contributed by atoms with Crippen molar-refractivity contribution in [1.82, 2.24) is 4.72 Å². The molecule has 40 heavy (non-hydrogen) atoms. The molecule has 9 nitrogen and oxygen atoms in total. The molecule has 1 N–H and O–H groups in total. The molecule has 0 spiro atoms.